The number of carboxylic acids is 1. The molecule has 3 N–H and O–H groups in total. The summed E-state index contributed by atoms with van der Waals surface area (Å²) in [4.78, 5) is 41.1. The van der Waals surface area contributed by atoms with E-state index in [9.17, 15) is 14.4 Å². The van der Waals surface area contributed by atoms with Crippen LogP contribution in [0.1, 0.15) is 33.6 Å². The van der Waals surface area contributed by atoms with E-state index in [2.05, 4.69) is 4.98 Å². The normalized spacial score (nSPS) is 11.0. The molecule has 0 aliphatic carbocycles. The predicted molar refractivity (Wildman–Crippen MR) is 104 cm³/mol. The highest BCUT2D eigenvalue weighted by atomic mass is 32.1. The van der Waals surface area contributed by atoms with E-state index in [0.717, 1.165) is 22.5 Å². The lowest BCUT2D eigenvalue weighted by Crippen LogP contribution is -2.24. The van der Waals surface area contributed by atoms with Crippen molar-refractivity contribution in [1.29, 1.82) is 0 Å². The van der Waals surface area contributed by atoms with Gasteiger partial charge in [-0.3, -0.25) is 19.0 Å². The van der Waals surface area contributed by atoms with Gasteiger partial charge >= 0.3 is 5.97 Å². The number of hydrogen-bond donors (Lipinski definition) is 2. The average molecular weight is 385 g/mol. The molecule has 0 spiro atoms. The minimum Gasteiger partial charge on any atom is -0.481 e. The number of nitrogens with two attached hydrogens (primary N) is 1. The van der Waals surface area contributed by atoms with Crippen LogP contribution >= 0.6 is 11.3 Å². The van der Waals surface area contributed by atoms with Crippen molar-refractivity contribution >= 4 is 33.4 Å². The molecule has 0 fully saturated rings. The molecule has 0 radical (unpaired) electrons. The van der Waals surface area contributed by atoms with Gasteiger partial charge < -0.3 is 10.8 Å². The summed E-state index contributed by atoms with van der Waals surface area (Å²) in [6.07, 6.45) is 0.250. The van der Waals surface area contributed by atoms with Gasteiger partial charge in [-0.25, -0.2) is 4.98 Å². The smallest absolute Gasteiger partial charge is 0.303 e. The van der Waals surface area contributed by atoms with Gasteiger partial charge in [0.25, 0.3) is 11.5 Å². The number of aryl methyl sites for hydroxylation is 2. The van der Waals surface area contributed by atoms with Crippen LogP contribution in [0.15, 0.2) is 29.1 Å². The molecule has 0 saturated heterocycles. The first kappa shape index (κ1) is 18.8. The van der Waals surface area contributed by atoms with Crippen molar-refractivity contribution in [2.24, 2.45) is 5.73 Å². The van der Waals surface area contributed by atoms with Crippen molar-refractivity contribution in [3.8, 4) is 11.4 Å². The fourth-order valence-electron chi connectivity index (χ4n) is 2.97. The first-order chi connectivity index (χ1) is 12.8. The Morgan fingerprint density at radius 2 is 1.89 bits per heavy atom. The third-order valence-electron chi connectivity index (χ3n) is 4.36. The molecule has 7 nitrogen and oxygen atoms in total. The maximum absolute atomic E-state index is 13.2. The summed E-state index contributed by atoms with van der Waals surface area (Å²) in [5, 5.41) is 9.27. The Bertz CT molecular complexity index is 1100. The third-order valence-corrected chi connectivity index (χ3v) is 5.56. The van der Waals surface area contributed by atoms with Gasteiger partial charge in [0.1, 0.15) is 10.7 Å². The molecular formula is C19H19N3O4S. The van der Waals surface area contributed by atoms with Gasteiger partial charge in [0.2, 0.25) is 0 Å². The van der Waals surface area contributed by atoms with Crippen LogP contribution in [0.5, 0.6) is 0 Å². The van der Waals surface area contributed by atoms with E-state index >= 15 is 0 Å². The van der Waals surface area contributed by atoms with Crippen LogP contribution < -0.4 is 11.3 Å². The molecule has 0 saturated carbocycles. The summed E-state index contributed by atoms with van der Waals surface area (Å²) in [5.74, 6) is -1.06. The Balaban J connectivity index is 2.24. The summed E-state index contributed by atoms with van der Waals surface area (Å²) in [5.41, 5.74) is 7.47. The Labute approximate surface area is 159 Å². The lowest BCUT2D eigenvalue weighted by Gasteiger charge is -2.12. The van der Waals surface area contributed by atoms with E-state index in [4.69, 9.17) is 10.8 Å². The molecule has 3 aromatic rings. The van der Waals surface area contributed by atoms with Crippen molar-refractivity contribution in [2.45, 2.75) is 33.2 Å². The second-order valence-corrected chi connectivity index (χ2v) is 7.36. The Kier molecular flexibility index (Phi) is 5.09. The molecule has 8 heteroatoms. The number of carboxylic acid groups (broad SMARTS) is 1. The van der Waals surface area contributed by atoms with Crippen LogP contribution in [0.4, 0.5) is 0 Å². The second kappa shape index (κ2) is 7.32. The maximum Gasteiger partial charge on any atom is 0.303 e. The largest absolute Gasteiger partial charge is 0.481 e. The SMILES string of the molecule is Cc1ccc(-c2nc3sc(C(N)=O)c(C)c3c(=O)n2CCCC(=O)O)cc1. The highest BCUT2D eigenvalue weighted by molar-refractivity contribution is 7.20. The van der Waals surface area contributed by atoms with E-state index in [-0.39, 0.29) is 18.5 Å². The second-order valence-electron chi connectivity index (χ2n) is 6.36. The lowest BCUT2D eigenvalue weighted by molar-refractivity contribution is -0.137. The lowest BCUT2D eigenvalue weighted by atomic mass is 10.1. The summed E-state index contributed by atoms with van der Waals surface area (Å²) in [6.45, 7) is 3.86. The van der Waals surface area contributed by atoms with Crippen molar-refractivity contribution in [2.75, 3.05) is 0 Å². The third kappa shape index (κ3) is 3.61. The Morgan fingerprint density at radius 3 is 2.48 bits per heavy atom. The van der Waals surface area contributed by atoms with E-state index in [1.54, 1.807) is 6.92 Å². The number of amides is 1. The van der Waals surface area contributed by atoms with Gasteiger partial charge in [-0.15, -0.1) is 11.3 Å². The molecule has 0 aliphatic rings. The number of hydrogen-bond acceptors (Lipinski definition) is 5. The molecule has 1 amide bonds. The number of aromatic nitrogens is 2. The van der Waals surface area contributed by atoms with Crippen LogP contribution in [0.3, 0.4) is 0 Å². The van der Waals surface area contributed by atoms with Crippen molar-refractivity contribution in [3.63, 3.8) is 0 Å². The number of primary amides is 1. The minimum atomic E-state index is -0.920. The highest BCUT2D eigenvalue weighted by Crippen LogP contribution is 2.29. The van der Waals surface area contributed by atoms with Crippen LogP contribution in [-0.4, -0.2) is 26.5 Å². The quantitative estimate of drug-likeness (QED) is 0.677. The van der Waals surface area contributed by atoms with Crippen molar-refractivity contribution in [1.82, 2.24) is 9.55 Å². The number of rotatable bonds is 6. The van der Waals surface area contributed by atoms with Gasteiger partial charge in [-0.1, -0.05) is 29.8 Å². The highest BCUT2D eigenvalue weighted by Gasteiger charge is 2.21. The Morgan fingerprint density at radius 1 is 1.22 bits per heavy atom. The minimum absolute atomic E-state index is 0.0486. The molecule has 3 rings (SSSR count). The van der Waals surface area contributed by atoms with Gasteiger partial charge in [0, 0.05) is 18.5 Å². The zero-order chi connectivity index (χ0) is 19.7. The number of carbonyl (C=O) groups excluding carboxylic acids is 1. The topological polar surface area (TPSA) is 115 Å². The molecule has 0 aliphatic heterocycles. The molecule has 1 aromatic carbocycles. The molecule has 0 atom stereocenters. The van der Waals surface area contributed by atoms with Crippen LogP contribution in [0.2, 0.25) is 0 Å². The zero-order valence-electron chi connectivity index (χ0n) is 15.0. The fraction of sp³-hybridized carbons (Fsp3) is 0.263. The summed E-state index contributed by atoms with van der Waals surface area (Å²) < 4.78 is 1.49. The van der Waals surface area contributed by atoms with Crippen LogP contribution in [0, 0.1) is 13.8 Å². The number of aliphatic carboxylic acids is 1. The number of carbonyl (C=O) groups is 2. The monoisotopic (exact) mass is 385 g/mol. The molecule has 2 aromatic heterocycles. The van der Waals surface area contributed by atoms with E-state index in [1.165, 1.54) is 4.57 Å². The number of nitrogens with zero attached hydrogens (tertiary/aromatic N) is 2. The van der Waals surface area contributed by atoms with Gasteiger partial charge in [-0.05, 0) is 25.8 Å². The van der Waals surface area contributed by atoms with E-state index < -0.39 is 11.9 Å². The standard InChI is InChI=1S/C19H19N3O4S/c1-10-5-7-12(8-6-10)17-21-18-14(11(2)15(27-18)16(20)25)19(26)22(17)9-3-4-13(23)24/h5-8H,3-4,9H2,1-2H3,(H2,20,25)(H,23,24). The average Bonchev–Trinajstić information content (AvgIpc) is 2.94. The zero-order valence-corrected chi connectivity index (χ0v) is 15.8. The van der Waals surface area contributed by atoms with E-state index in [1.807, 2.05) is 31.2 Å². The number of thiophene rings is 1. The summed E-state index contributed by atoms with van der Waals surface area (Å²) >= 11 is 1.10. The number of fused-ring (bicyclic) bond motifs is 1. The molecule has 27 heavy (non-hydrogen) atoms. The van der Waals surface area contributed by atoms with Gasteiger partial charge in [0.15, 0.2) is 0 Å². The van der Waals surface area contributed by atoms with Crippen LogP contribution in [0.25, 0.3) is 21.6 Å². The molecule has 0 unspecified atom stereocenters. The first-order valence-electron chi connectivity index (χ1n) is 8.42. The molecule has 140 valence electrons. The predicted octanol–water partition coefficient (Wildman–Crippen LogP) is 2.71. The molecule has 0 bridgehead atoms. The van der Waals surface area contributed by atoms with Crippen LogP contribution in [-0.2, 0) is 11.3 Å². The fourth-order valence-corrected chi connectivity index (χ4v) is 3.99. The molecular weight excluding hydrogens is 366 g/mol. The summed E-state index contributed by atoms with van der Waals surface area (Å²) in [6, 6.07) is 7.57. The van der Waals surface area contributed by atoms with Gasteiger partial charge in [-0.2, -0.15) is 0 Å². The Hall–Kier alpha value is -3.00. The van der Waals surface area contributed by atoms with Gasteiger partial charge in [0.05, 0.1) is 10.3 Å². The molecule has 2 heterocycles. The first-order valence-corrected chi connectivity index (χ1v) is 9.23. The maximum atomic E-state index is 13.2. The van der Waals surface area contributed by atoms with Crippen molar-refractivity contribution < 1.29 is 14.7 Å². The number of benzene rings is 1. The van der Waals surface area contributed by atoms with Crippen molar-refractivity contribution in [3.05, 3.63) is 50.6 Å². The summed E-state index contributed by atoms with van der Waals surface area (Å²) in [7, 11) is 0. The van der Waals surface area contributed by atoms with E-state index in [0.29, 0.717) is 32.9 Å².